The molecule has 1 amide bonds. The quantitative estimate of drug-likeness (QED) is 0.865. The van der Waals surface area contributed by atoms with Gasteiger partial charge < -0.3 is 10.5 Å². The van der Waals surface area contributed by atoms with Crippen molar-refractivity contribution in [1.29, 1.82) is 0 Å². The summed E-state index contributed by atoms with van der Waals surface area (Å²) in [6, 6.07) is 9.42. The molecule has 2 atom stereocenters. The molecule has 1 heterocycles. The number of amides is 1. The number of ether oxygens (including phenoxy) is 1. The van der Waals surface area contributed by atoms with Crippen LogP contribution in [0.4, 0.5) is 0 Å². The number of rotatable bonds is 6. The van der Waals surface area contributed by atoms with Gasteiger partial charge in [0.05, 0.1) is 6.10 Å². The zero-order chi connectivity index (χ0) is 14.4. The van der Waals surface area contributed by atoms with E-state index in [4.69, 9.17) is 10.5 Å². The van der Waals surface area contributed by atoms with E-state index in [1.54, 1.807) is 0 Å². The Balaban J connectivity index is 2.07. The van der Waals surface area contributed by atoms with Gasteiger partial charge in [0, 0.05) is 13.2 Å². The summed E-state index contributed by atoms with van der Waals surface area (Å²) in [5.41, 5.74) is 6.59. The van der Waals surface area contributed by atoms with Crippen molar-refractivity contribution < 1.29 is 9.53 Å². The average Bonchev–Trinajstić information content (AvgIpc) is 2.46. The molecule has 0 unspecified atom stereocenters. The number of nitrogens with two attached hydrogens (primary N) is 1. The van der Waals surface area contributed by atoms with Crippen LogP contribution in [0, 0.1) is 0 Å². The second-order valence-corrected chi connectivity index (χ2v) is 5.35. The zero-order valence-electron chi connectivity index (χ0n) is 12.1. The van der Waals surface area contributed by atoms with Crippen molar-refractivity contribution in [2.45, 2.75) is 38.3 Å². The molecule has 4 heteroatoms. The first kappa shape index (κ1) is 15.0. The van der Waals surface area contributed by atoms with Gasteiger partial charge in [-0.25, -0.2) is 0 Å². The number of hydrogen-bond acceptors (Lipinski definition) is 3. The molecule has 1 aromatic rings. The first-order valence-electron chi connectivity index (χ1n) is 7.42. The number of primary amides is 1. The Labute approximate surface area is 120 Å². The number of hydrogen-bond donors (Lipinski definition) is 1. The van der Waals surface area contributed by atoms with Crippen LogP contribution in [0.5, 0.6) is 0 Å². The Morgan fingerprint density at radius 2 is 2.20 bits per heavy atom. The molecule has 0 bridgehead atoms. The average molecular weight is 276 g/mol. The molecule has 110 valence electrons. The van der Waals surface area contributed by atoms with Gasteiger partial charge in [-0.2, -0.15) is 0 Å². The van der Waals surface area contributed by atoms with Crippen LogP contribution in [0.1, 0.15) is 37.8 Å². The number of benzene rings is 1. The van der Waals surface area contributed by atoms with E-state index in [0.29, 0.717) is 0 Å². The van der Waals surface area contributed by atoms with E-state index in [1.807, 2.05) is 30.3 Å². The van der Waals surface area contributed by atoms with E-state index in [9.17, 15) is 4.79 Å². The highest BCUT2D eigenvalue weighted by molar-refractivity contribution is 5.81. The summed E-state index contributed by atoms with van der Waals surface area (Å²) in [5.74, 6) is -0.285. The van der Waals surface area contributed by atoms with Gasteiger partial charge >= 0.3 is 0 Å². The lowest BCUT2D eigenvalue weighted by Crippen LogP contribution is -2.46. The molecule has 1 fully saturated rings. The van der Waals surface area contributed by atoms with Gasteiger partial charge in [0.15, 0.2) is 0 Å². The fraction of sp³-hybridized carbons (Fsp3) is 0.562. The summed E-state index contributed by atoms with van der Waals surface area (Å²) in [4.78, 5) is 14.0. The Bertz CT molecular complexity index is 422. The fourth-order valence-electron chi connectivity index (χ4n) is 2.81. The largest absolute Gasteiger partial charge is 0.377 e. The third-order valence-electron chi connectivity index (χ3n) is 3.72. The highest BCUT2D eigenvalue weighted by Gasteiger charge is 2.30. The summed E-state index contributed by atoms with van der Waals surface area (Å²) in [6.45, 7) is 4.57. The minimum atomic E-state index is -0.343. The van der Waals surface area contributed by atoms with Crippen LogP contribution < -0.4 is 5.73 Å². The molecule has 1 aliphatic rings. The van der Waals surface area contributed by atoms with Crippen molar-refractivity contribution in [3.05, 3.63) is 35.9 Å². The van der Waals surface area contributed by atoms with E-state index >= 15 is 0 Å². The first-order valence-corrected chi connectivity index (χ1v) is 7.42. The lowest BCUT2D eigenvalue weighted by Gasteiger charge is -2.36. The van der Waals surface area contributed by atoms with Crippen LogP contribution in [0.25, 0.3) is 0 Å². The van der Waals surface area contributed by atoms with E-state index in [-0.39, 0.29) is 18.1 Å². The highest BCUT2D eigenvalue weighted by atomic mass is 16.5. The minimum Gasteiger partial charge on any atom is -0.377 e. The Kier molecular flexibility index (Phi) is 5.56. The topological polar surface area (TPSA) is 55.6 Å². The molecule has 2 rings (SSSR count). The van der Waals surface area contributed by atoms with Crippen LogP contribution in [0.3, 0.4) is 0 Å². The van der Waals surface area contributed by atoms with Gasteiger partial charge in [-0.1, -0.05) is 37.3 Å². The Hall–Kier alpha value is -1.39. The maximum atomic E-state index is 11.9. The molecule has 2 N–H and O–H groups in total. The van der Waals surface area contributed by atoms with Crippen molar-refractivity contribution >= 4 is 5.91 Å². The highest BCUT2D eigenvalue weighted by Crippen LogP contribution is 2.25. The number of likely N-dealkylation sites (tertiary alicyclic amines) is 1. The first-order chi connectivity index (χ1) is 9.72. The van der Waals surface area contributed by atoms with Crippen LogP contribution in [0.15, 0.2) is 30.3 Å². The summed E-state index contributed by atoms with van der Waals surface area (Å²) in [5, 5.41) is 0. The van der Waals surface area contributed by atoms with E-state index < -0.39 is 0 Å². The Morgan fingerprint density at radius 3 is 2.85 bits per heavy atom. The van der Waals surface area contributed by atoms with Crippen molar-refractivity contribution in [1.82, 2.24) is 4.90 Å². The smallest absolute Gasteiger partial charge is 0.239 e. The molecular formula is C16H24N2O2. The predicted octanol–water partition coefficient (Wildman–Crippen LogP) is 2.10. The minimum absolute atomic E-state index is 0.217. The molecule has 0 spiro atoms. The normalized spacial score (nSPS) is 21.6. The fourth-order valence-corrected chi connectivity index (χ4v) is 2.81. The van der Waals surface area contributed by atoms with Crippen LogP contribution in [-0.4, -0.2) is 36.6 Å². The van der Waals surface area contributed by atoms with Gasteiger partial charge in [-0.15, -0.1) is 0 Å². The molecular weight excluding hydrogens is 252 g/mol. The van der Waals surface area contributed by atoms with E-state index in [0.717, 1.165) is 44.5 Å². The van der Waals surface area contributed by atoms with E-state index in [1.165, 1.54) is 0 Å². The molecule has 0 aliphatic carbocycles. The van der Waals surface area contributed by atoms with Crippen LogP contribution in [-0.2, 0) is 9.53 Å². The maximum Gasteiger partial charge on any atom is 0.239 e. The van der Waals surface area contributed by atoms with Gasteiger partial charge in [-0.3, -0.25) is 9.69 Å². The lowest BCUT2D eigenvalue weighted by molar-refractivity contribution is -0.125. The SMILES string of the molecule is CCCO[C@@H]1CCCN([C@@H](C(N)=O)c2ccccc2)C1. The van der Waals surface area contributed by atoms with Gasteiger partial charge in [0.25, 0.3) is 0 Å². The summed E-state index contributed by atoms with van der Waals surface area (Å²) >= 11 is 0. The summed E-state index contributed by atoms with van der Waals surface area (Å²) < 4.78 is 5.83. The van der Waals surface area contributed by atoms with Crippen molar-refractivity contribution in [2.75, 3.05) is 19.7 Å². The second-order valence-electron chi connectivity index (χ2n) is 5.35. The maximum absolute atomic E-state index is 11.9. The van der Waals surface area contributed by atoms with E-state index in [2.05, 4.69) is 11.8 Å². The van der Waals surface area contributed by atoms with Gasteiger partial charge in [0.1, 0.15) is 6.04 Å². The van der Waals surface area contributed by atoms with Gasteiger partial charge in [0.2, 0.25) is 5.91 Å². The molecule has 0 saturated carbocycles. The predicted molar refractivity (Wildman–Crippen MR) is 79.2 cm³/mol. The van der Waals surface area contributed by atoms with Gasteiger partial charge in [-0.05, 0) is 31.4 Å². The Morgan fingerprint density at radius 1 is 1.45 bits per heavy atom. The molecule has 20 heavy (non-hydrogen) atoms. The third kappa shape index (κ3) is 3.81. The second kappa shape index (κ2) is 7.41. The van der Waals surface area contributed by atoms with Crippen LogP contribution >= 0.6 is 0 Å². The molecule has 1 aliphatic heterocycles. The standard InChI is InChI=1S/C16H24N2O2/c1-2-11-20-14-9-6-10-18(12-14)15(16(17)19)13-7-4-3-5-8-13/h3-5,7-8,14-15H,2,6,9-12H2,1H3,(H2,17,19)/t14-,15-/m1/s1. The summed E-state index contributed by atoms with van der Waals surface area (Å²) in [6.07, 6.45) is 3.35. The molecule has 1 aromatic carbocycles. The van der Waals surface area contributed by atoms with Crippen molar-refractivity contribution in [3.63, 3.8) is 0 Å². The number of carbonyl (C=O) groups is 1. The molecule has 0 radical (unpaired) electrons. The molecule has 0 aromatic heterocycles. The lowest BCUT2D eigenvalue weighted by atomic mass is 10.00. The molecule has 4 nitrogen and oxygen atoms in total. The number of piperidine rings is 1. The summed E-state index contributed by atoms with van der Waals surface area (Å²) in [7, 11) is 0. The van der Waals surface area contributed by atoms with Crippen molar-refractivity contribution in [3.8, 4) is 0 Å². The molecule has 1 saturated heterocycles. The zero-order valence-corrected chi connectivity index (χ0v) is 12.1. The monoisotopic (exact) mass is 276 g/mol. The third-order valence-corrected chi connectivity index (χ3v) is 3.72. The van der Waals surface area contributed by atoms with Crippen LogP contribution in [0.2, 0.25) is 0 Å². The number of carbonyl (C=O) groups excluding carboxylic acids is 1. The van der Waals surface area contributed by atoms with Crippen molar-refractivity contribution in [2.24, 2.45) is 5.73 Å². The number of nitrogens with zero attached hydrogens (tertiary/aromatic N) is 1.